The van der Waals surface area contributed by atoms with Crippen molar-refractivity contribution in [2.24, 2.45) is 0 Å². The molecule has 0 spiro atoms. The first-order chi connectivity index (χ1) is 7.08. The highest BCUT2D eigenvalue weighted by Gasteiger charge is 2.30. The van der Waals surface area contributed by atoms with E-state index in [0.717, 1.165) is 3.57 Å². The third kappa shape index (κ3) is 2.12. The van der Waals surface area contributed by atoms with Gasteiger partial charge in [0.2, 0.25) is 5.91 Å². The Kier molecular flexibility index (Phi) is 2.92. The fraction of sp³-hybridized carbons (Fsp3) is 0.222. The molecule has 1 aromatic heterocycles. The van der Waals surface area contributed by atoms with Crippen LogP contribution in [0.5, 0.6) is 0 Å². The lowest BCUT2D eigenvalue weighted by Gasteiger charge is -2.14. The molecule has 1 aromatic rings. The van der Waals surface area contributed by atoms with E-state index in [-0.39, 0.29) is 24.7 Å². The monoisotopic (exact) mass is 336 g/mol. The Hall–Kier alpha value is -0.690. The van der Waals surface area contributed by atoms with Crippen molar-refractivity contribution in [3.05, 3.63) is 20.9 Å². The van der Waals surface area contributed by atoms with Crippen molar-refractivity contribution in [2.45, 2.75) is 6.42 Å². The Balaban J connectivity index is 2.38. The molecule has 0 unspecified atom stereocenters. The van der Waals surface area contributed by atoms with Crippen LogP contribution in [0.2, 0.25) is 5.02 Å². The first-order valence-corrected chi connectivity index (χ1v) is 5.66. The molecular formula is C9H6ClIN2O2. The molecule has 2 rings (SSSR count). The van der Waals surface area contributed by atoms with E-state index < -0.39 is 0 Å². The lowest BCUT2D eigenvalue weighted by atomic mass is 10.3. The van der Waals surface area contributed by atoms with E-state index in [4.69, 9.17) is 11.6 Å². The number of pyridine rings is 1. The van der Waals surface area contributed by atoms with Crippen molar-refractivity contribution in [3.63, 3.8) is 0 Å². The van der Waals surface area contributed by atoms with Gasteiger partial charge in [0.25, 0.3) is 0 Å². The lowest BCUT2D eigenvalue weighted by molar-refractivity contribution is -0.121. The van der Waals surface area contributed by atoms with Crippen molar-refractivity contribution < 1.29 is 9.59 Å². The van der Waals surface area contributed by atoms with Gasteiger partial charge in [-0.3, -0.25) is 14.5 Å². The molecule has 0 radical (unpaired) electrons. The van der Waals surface area contributed by atoms with Gasteiger partial charge in [-0.15, -0.1) is 0 Å². The molecule has 1 amide bonds. The summed E-state index contributed by atoms with van der Waals surface area (Å²) in [6.07, 6.45) is 1.44. The van der Waals surface area contributed by atoms with E-state index in [0.29, 0.717) is 10.8 Å². The molecule has 0 bridgehead atoms. The number of anilines is 1. The van der Waals surface area contributed by atoms with Crippen LogP contribution in [-0.4, -0.2) is 23.2 Å². The van der Waals surface area contributed by atoms with Gasteiger partial charge in [-0.2, -0.15) is 0 Å². The molecular weight excluding hydrogens is 330 g/mol. The van der Waals surface area contributed by atoms with Gasteiger partial charge in [-0.25, -0.2) is 4.98 Å². The van der Waals surface area contributed by atoms with Crippen LogP contribution < -0.4 is 4.90 Å². The Morgan fingerprint density at radius 1 is 1.47 bits per heavy atom. The van der Waals surface area contributed by atoms with E-state index >= 15 is 0 Å². The number of hydrogen-bond donors (Lipinski definition) is 0. The maximum absolute atomic E-state index is 11.5. The molecule has 1 fully saturated rings. The molecule has 0 atom stereocenters. The molecule has 0 saturated carbocycles. The number of carbonyl (C=O) groups excluding carboxylic acids is 2. The number of rotatable bonds is 1. The molecule has 0 N–H and O–H groups in total. The maximum atomic E-state index is 11.5. The topological polar surface area (TPSA) is 50.3 Å². The summed E-state index contributed by atoms with van der Waals surface area (Å²) in [5.74, 6) is 0.233. The quantitative estimate of drug-likeness (QED) is 0.579. The van der Waals surface area contributed by atoms with Crippen LogP contribution in [0.3, 0.4) is 0 Å². The minimum atomic E-state index is -0.201. The van der Waals surface area contributed by atoms with Crippen LogP contribution in [0.4, 0.5) is 5.82 Å². The van der Waals surface area contributed by atoms with Crippen molar-refractivity contribution >= 4 is 51.7 Å². The van der Waals surface area contributed by atoms with Gasteiger partial charge in [-0.1, -0.05) is 11.6 Å². The summed E-state index contributed by atoms with van der Waals surface area (Å²) in [6.45, 7) is 0.115. The van der Waals surface area contributed by atoms with Gasteiger partial charge in [0, 0.05) is 6.20 Å². The maximum Gasteiger partial charge on any atom is 0.236 e. The van der Waals surface area contributed by atoms with Crippen LogP contribution >= 0.6 is 34.2 Å². The molecule has 4 nitrogen and oxygen atoms in total. The Morgan fingerprint density at radius 2 is 2.20 bits per heavy atom. The minimum Gasteiger partial charge on any atom is -0.297 e. The summed E-state index contributed by atoms with van der Waals surface area (Å²) < 4.78 is 0.767. The molecule has 78 valence electrons. The highest BCUT2D eigenvalue weighted by atomic mass is 127. The van der Waals surface area contributed by atoms with Gasteiger partial charge < -0.3 is 0 Å². The summed E-state index contributed by atoms with van der Waals surface area (Å²) in [5.41, 5.74) is 0. The van der Waals surface area contributed by atoms with E-state index in [1.165, 1.54) is 11.1 Å². The lowest BCUT2D eigenvalue weighted by Crippen LogP contribution is -2.26. The number of hydrogen-bond acceptors (Lipinski definition) is 3. The third-order valence-electron chi connectivity index (χ3n) is 2.03. The predicted molar refractivity (Wildman–Crippen MR) is 63.9 cm³/mol. The highest BCUT2D eigenvalue weighted by molar-refractivity contribution is 14.1. The van der Waals surface area contributed by atoms with Crippen molar-refractivity contribution in [1.82, 2.24) is 4.98 Å². The van der Waals surface area contributed by atoms with Gasteiger partial charge in [0.15, 0.2) is 5.78 Å². The highest BCUT2D eigenvalue weighted by Crippen LogP contribution is 2.25. The van der Waals surface area contributed by atoms with Crippen molar-refractivity contribution in [3.8, 4) is 0 Å². The van der Waals surface area contributed by atoms with Crippen LogP contribution in [0, 0.1) is 3.57 Å². The van der Waals surface area contributed by atoms with Gasteiger partial charge in [0.05, 0.1) is 21.6 Å². The molecule has 0 aliphatic carbocycles. The largest absolute Gasteiger partial charge is 0.297 e. The number of Topliss-reactive ketones (excluding diaryl/α,β-unsaturated/α-hetero) is 1. The first-order valence-electron chi connectivity index (χ1n) is 4.21. The molecule has 1 aliphatic heterocycles. The summed E-state index contributed by atoms with van der Waals surface area (Å²) in [5, 5.41) is 0.515. The Morgan fingerprint density at radius 3 is 2.73 bits per heavy atom. The number of aromatic nitrogens is 1. The molecule has 6 heteroatoms. The number of ketones is 1. The second-order valence-electron chi connectivity index (χ2n) is 3.15. The van der Waals surface area contributed by atoms with E-state index in [1.54, 1.807) is 6.07 Å². The summed E-state index contributed by atoms with van der Waals surface area (Å²) in [6, 6.07) is 1.71. The second-order valence-corrected chi connectivity index (χ2v) is 4.75. The fourth-order valence-electron chi connectivity index (χ4n) is 1.38. The smallest absolute Gasteiger partial charge is 0.236 e. The third-order valence-corrected chi connectivity index (χ3v) is 3.03. The zero-order valence-electron chi connectivity index (χ0n) is 7.54. The summed E-state index contributed by atoms with van der Waals surface area (Å²) in [7, 11) is 0. The zero-order chi connectivity index (χ0) is 11.0. The minimum absolute atomic E-state index is 0.0274. The van der Waals surface area contributed by atoms with Crippen LogP contribution in [0.1, 0.15) is 6.42 Å². The Labute approximate surface area is 105 Å². The Bertz CT molecular complexity index is 450. The SMILES string of the molecule is O=C1CC(=O)N(c2ncc(Cl)cc2I)C1. The van der Waals surface area contributed by atoms with Crippen molar-refractivity contribution in [1.29, 1.82) is 0 Å². The molecule has 1 saturated heterocycles. The van der Waals surface area contributed by atoms with Crippen LogP contribution in [-0.2, 0) is 9.59 Å². The molecule has 2 heterocycles. The van der Waals surface area contributed by atoms with Gasteiger partial charge >= 0.3 is 0 Å². The zero-order valence-corrected chi connectivity index (χ0v) is 10.4. The molecule has 0 aromatic carbocycles. The average Bonchev–Trinajstić information content (AvgIpc) is 2.45. The predicted octanol–water partition coefficient (Wildman–Crippen LogP) is 1.65. The standard InChI is InChI=1S/C9H6ClIN2O2/c10-5-1-7(11)9(12-3-5)13-4-6(14)2-8(13)15/h1,3H,2,4H2. The molecule has 15 heavy (non-hydrogen) atoms. The second kappa shape index (κ2) is 4.05. The first kappa shape index (κ1) is 10.8. The molecule has 1 aliphatic rings. The number of carbonyl (C=O) groups is 2. The fourth-order valence-corrected chi connectivity index (χ4v) is 2.49. The number of halogens is 2. The normalized spacial score (nSPS) is 16.3. The van der Waals surface area contributed by atoms with Crippen LogP contribution in [0.25, 0.3) is 0 Å². The summed E-state index contributed by atoms with van der Waals surface area (Å²) >= 11 is 7.79. The summed E-state index contributed by atoms with van der Waals surface area (Å²) in [4.78, 5) is 28.0. The van der Waals surface area contributed by atoms with E-state index in [2.05, 4.69) is 4.98 Å². The van der Waals surface area contributed by atoms with E-state index in [1.807, 2.05) is 22.6 Å². The number of amides is 1. The van der Waals surface area contributed by atoms with Crippen LogP contribution in [0.15, 0.2) is 12.3 Å². The average molecular weight is 337 g/mol. The van der Waals surface area contributed by atoms with E-state index in [9.17, 15) is 9.59 Å². The van der Waals surface area contributed by atoms with Crippen molar-refractivity contribution in [2.75, 3.05) is 11.4 Å². The van der Waals surface area contributed by atoms with Gasteiger partial charge in [-0.05, 0) is 28.7 Å². The van der Waals surface area contributed by atoms with Gasteiger partial charge in [0.1, 0.15) is 5.82 Å². The number of nitrogens with zero attached hydrogens (tertiary/aromatic N) is 2.